The molecule has 1 atom stereocenters. The first-order valence-corrected chi connectivity index (χ1v) is 7.90. The van der Waals surface area contributed by atoms with E-state index in [0.29, 0.717) is 19.8 Å². The quantitative estimate of drug-likeness (QED) is 0.745. The van der Waals surface area contributed by atoms with Gasteiger partial charge in [-0.05, 0) is 37.9 Å². The molecular formula is C17H27ClN2O3. The van der Waals surface area contributed by atoms with Crippen LogP contribution in [0.3, 0.4) is 0 Å². The van der Waals surface area contributed by atoms with Crippen LogP contribution in [0.15, 0.2) is 18.2 Å². The lowest BCUT2D eigenvalue weighted by atomic mass is 9.99. The first-order valence-electron chi connectivity index (χ1n) is 7.90. The fourth-order valence-corrected chi connectivity index (χ4v) is 2.58. The van der Waals surface area contributed by atoms with Crippen molar-refractivity contribution in [2.24, 2.45) is 5.92 Å². The molecule has 1 unspecified atom stereocenters. The van der Waals surface area contributed by atoms with Crippen molar-refractivity contribution >= 4 is 18.3 Å². The third-order valence-corrected chi connectivity index (χ3v) is 3.89. The number of rotatable bonds is 7. The predicted octanol–water partition coefficient (Wildman–Crippen LogP) is 2.06. The fourth-order valence-electron chi connectivity index (χ4n) is 2.58. The number of piperidine rings is 1. The fraction of sp³-hybridized carbons (Fsp3) is 0.588. The van der Waals surface area contributed by atoms with E-state index in [2.05, 4.69) is 10.6 Å². The molecule has 1 aliphatic heterocycles. The van der Waals surface area contributed by atoms with E-state index in [1.807, 2.05) is 25.1 Å². The van der Waals surface area contributed by atoms with Crippen molar-refractivity contribution < 1.29 is 14.3 Å². The second kappa shape index (κ2) is 10.5. The summed E-state index contributed by atoms with van der Waals surface area (Å²) < 4.78 is 10.8. The van der Waals surface area contributed by atoms with Crippen molar-refractivity contribution in [3.8, 4) is 5.75 Å². The van der Waals surface area contributed by atoms with Crippen molar-refractivity contribution in [3.05, 3.63) is 29.3 Å². The van der Waals surface area contributed by atoms with Crippen molar-refractivity contribution in [1.82, 2.24) is 10.6 Å². The van der Waals surface area contributed by atoms with E-state index in [9.17, 15) is 4.79 Å². The van der Waals surface area contributed by atoms with Crippen molar-refractivity contribution in [3.63, 3.8) is 0 Å². The Morgan fingerprint density at radius 2 is 2.22 bits per heavy atom. The molecule has 1 saturated heterocycles. The summed E-state index contributed by atoms with van der Waals surface area (Å²) in [5.41, 5.74) is 2.14. The van der Waals surface area contributed by atoms with Gasteiger partial charge in [0.1, 0.15) is 12.4 Å². The summed E-state index contributed by atoms with van der Waals surface area (Å²) in [5, 5.41) is 6.30. The van der Waals surface area contributed by atoms with Crippen LogP contribution < -0.4 is 15.4 Å². The zero-order chi connectivity index (χ0) is 15.8. The maximum absolute atomic E-state index is 12.2. The molecule has 1 aromatic rings. The standard InChI is InChI=1S/C17H26N2O3.ClH/c1-13-5-6-14(16(10-13)22-9-8-21-2)12-19-17(20)15-4-3-7-18-11-15;/h5-6,10,15,18H,3-4,7-9,11-12H2,1-2H3,(H,19,20);1H. The van der Waals surface area contributed by atoms with E-state index in [0.717, 1.165) is 42.8 Å². The number of benzene rings is 1. The third kappa shape index (κ3) is 6.37. The summed E-state index contributed by atoms with van der Waals surface area (Å²) in [7, 11) is 1.65. The predicted molar refractivity (Wildman–Crippen MR) is 93.2 cm³/mol. The van der Waals surface area contributed by atoms with E-state index in [1.54, 1.807) is 7.11 Å². The first-order chi connectivity index (χ1) is 10.7. The van der Waals surface area contributed by atoms with E-state index in [4.69, 9.17) is 9.47 Å². The first kappa shape index (κ1) is 19.7. The topological polar surface area (TPSA) is 59.6 Å². The van der Waals surface area contributed by atoms with Crippen LogP contribution in [0.5, 0.6) is 5.75 Å². The van der Waals surface area contributed by atoms with Gasteiger partial charge in [0.25, 0.3) is 0 Å². The molecule has 1 fully saturated rings. The zero-order valence-electron chi connectivity index (χ0n) is 13.9. The average molecular weight is 343 g/mol. The highest BCUT2D eigenvalue weighted by molar-refractivity contribution is 5.85. The van der Waals surface area contributed by atoms with Gasteiger partial charge in [0.15, 0.2) is 0 Å². The molecule has 5 nitrogen and oxygen atoms in total. The molecule has 1 amide bonds. The van der Waals surface area contributed by atoms with Gasteiger partial charge < -0.3 is 20.1 Å². The van der Waals surface area contributed by atoms with Crippen LogP contribution in [0.25, 0.3) is 0 Å². The molecule has 0 aliphatic carbocycles. The molecule has 0 radical (unpaired) electrons. The Morgan fingerprint density at radius 1 is 1.39 bits per heavy atom. The van der Waals surface area contributed by atoms with Gasteiger partial charge in [0.05, 0.1) is 12.5 Å². The van der Waals surface area contributed by atoms with Gasteiger partial charge >= 0.3 is 0 Å². The van der Waals surface area contributed by atoms with E-state index in [1.165, 1.54) is 0 Å². The largest absolute Gasteiger partial charge is 0.491 e. The Kier molecular flexibility index (Phi) is 8.99. The number of methoxy groups -OCH3 is 1. The lowest BCUT2D eigenvalue weighted by Crippen LogP contribution is -2.40. The van der Waals surface area contributed by atoms with Gasteiger partial charge in [-0.25, -0.2) is 0 Å². The molecule has 1 heterocycles. The van der Waals surface area contributed by atoms with Gasteiger partial charge in [-0.15, -0.1) is 12.4 Å². The normalized spacial score (nSPS) is 17.2. The van der Waals surface area contributed by atoms with Crippen LogP contribution in [0.4, 0.5) is 0 Å². The van der Waals surface area contributed by atoms with Gasteiger partial charge in [-0.3, -0.25) is 4.79 Å². The smallest absolute Gasteiger partial charge is 0.224 e. The molecule has 130 valence electrons. The summed E-state index contributed by atoms with van der Waals surface area (Å²) in [6.07, 6.45) is 2.03. The number of ether oxygens (including phenoxy) is 2. The molecule has 0 bridgehead atoms. The number of nitrogens with one attached hydrogen (secondary N) is 2. The Labute approximate surface area is 144 Å². The van der Waals surface area contributed by atoms with Gasteiger partial charge in [0, 0.05) is 25.8 Å². The minimum atomic E-state index is 0. The van der Waals surface area contributed by atoms with E-state index >= 15 is 0 Å². The number of hydrogen-bond donors (Lipinski definition) is 2. The summed E-state index contributed by atoms with van der Waals surface area (Å²) in [5.74, 6) is 1.02. The van der Waals surface area contributed by atoms with Crippen molar-refractivity contribution in [2.75, 3.05) is 33.4 Å². The second-order valence-electron chi connectivity index (χ2n) is 5.71. The van der Waals surface area contributed by atoms with Crippen LogP contribution in [0.1, 0.15) is 24.0 Å². The number of halogens is 1. The second-order valence-corrected chi connectivity index (χ2v) is 5.71. The maximum Gasteiger partial charge on any atom is 0.224 e. The molecule has 2 N–H and O–H groups in total. The van der Waals surface area contributed by atoms with Crippen LogP contribution in [0, 0.1) is 12.8 Å². The molecule has 1 aliphatic rings. The number of hydrogen-bond acceptors (Lipinski definition) is 4. The number of carbonyl (C=O) groups is 1. The van der Waals surface area contributed by atoms with Crippen LogP contribution in [-0.2, 0) is 16.1 Å². The molecule has 1 aromatic carbocycles. The van der Waals surface area contributed by atoms with E-state index < -0.39 is 0 Å². The minimum absolute atomic E-state index is 0. The Balaban J connectivity index is 0.00000264. The minimum Gasteiger partial charge on any atom is -0.491 e. The Bertz CT molecular complexity index is 491. The maximum atomic E-state index is 12.2. The van der Waals surface area contributed by atoms with Gasteiger partial charge in [0.2, 0.25) is 5.91 Å². The molecular weight excluding hydrogens is 316 g/mol. The number of amides is 1. The van der Waals surface area contributed by atoms with Crippen LogP contribution in [0.2, 0.25) is 0 Å². The van der Waals surface area contributed by atoms with Crippen LogP contribution in [-0.4, -0.2) is 39.3 Å². The summed E-state index contributed by atoms with van der Waals surface area (Å²) in [4.78, 5) is 12.2. The van der Waals surface area contributed by atoms with Gasteiger partial charge in [-0.1, -0.05) is 12.1 Å². The average Bonchev–Trinajstić information content (AvgIpc) is 2.55. The van der Waals surface area contributed by atoms with Crippen LogP contribution >= 0.6 is 12.4 Å². The van der Waals surface area contributed by atoms with E-state index in [-0.39, 0.29) is 24.2 Å². The Hall–Kier alpha value is -1.30. The highest BCUT2D eigenvalue weighted by Crippen LogP contribution is 2.20. The molecule has 6 heteroatoms. The summed E-state index contributed by atoms with van der Waals surface area (Å²) in [6, 6.07) is 6.04. The molecule has 0 spiro atoms. The van der Waals surface area contributed by atoms with Crippen molar-refractivity contribution in [1.29, 1.82) is 0 Å². The molecule has 2 rings (SSSR count). The number of carbonyl (C=O) groups excluding carboxylic acids is 1. The monoisotopic (exact) mass is 342 g/mol. The summed E-state index contributed by atoms with van der Waals surface area (Å²) in [6.45, 7) is 5.37. The highest BCUT2D eigenvalue weighted by atomic mass is 35.5. The SMILES string of the molecule is COCCOc1cc(C)ccc1CNC(=O)C1CCCNC1.Cl. The van der Waals surface area contributed by atoms with Crippen molar-refractivity contribution in [2.45, 2.75) is 26.3 Å². The molecule has 23 heavy (non-hydrogen) atoms. The third-order valence-electron chi connectivity index (χ3n) is 3.89. The molecule has 0 saturated carbocycles. The van der Waals surface area contributed by atoms with Gasteiger partial charge in [-0.2, -0.15) is 0 Å². The Morgan fingerprint density at radius 3 is 2.91 bits per heavy atom. The summed E-state index contributed by atoms with van der Waals surface area (Å²) >= 11 is 0. The lowest BCUT2D eigenvalue weighted by molar-refractivity contribution is -0.125. The highest BCUT2D eigenvalue weighted by Gasteiger charge is 2.20. The number of aryl methyl sites for hydroxylation is 1. The zero-order valence-corrected chi connectivity index (χ0v) is 14.7. The lowest BCUT2D eigenvalue weighted by Gasteiger charge is -2.22. The molecule has 0 aromatic heterocycles.